The molecule has 0 spiro atoms. The standard InChI is InChI=1S/C19H22N2O3/c1-3-21(4-2)17-12-10-15(11-13-17)19(23)24-14-18(22)20-16-8-6-5-7-9-16/h5-13H,3-4,14H2,1-2H3,(H,20,22). The Hall–Kier alpha value is -2.82. The summed E-state index contributed by atoms with van der Waals surface area (Å²) in [6.07, 6.45) is 0. The van der Waals surface area contributed by atoms with Gasteiger partial charge in [0, 0.05) is 24.5 Å². The predicted molar refractivity (Wildman–Crippen MR) is 95.4 cm³/mol. The summed E-state index contributed by atoms with van der Waals surface area (Å²) >= 11 is 0. The van der Waals surface area contributed by atoms with Gasteiger partial charge in [0.1, 0.15) is 0 Å². The Morgan fingerprint density at radius 2 is 1.58 bits per heavy atom. The summed E-state index contributed by atoms with van der Waals surface area (Å²) in [6, 6.07) is 16.2. The average Bonchev–Trinajstić information content (AvgIpc) is 2.62. The summed E-state index contributed by atoms with van der Waals surface area (Å²) in [5, 5.41) is 2.67. The third kappa shape index (κ3) is 4.84. The fourth-order valence-corrected chi connectivity index (χ4v) is 2.33. The second-order valence-electron chi connectivity index (χ2n) is 5.21. The van der Waals surface area contributed by atoms with Crippen molar-refractivity contribution in [3.8, 4) is 0 Å². The molecule has 0 bridgehead atoms. The number of ether oxygens (including phenoxy) is 1. The lowest BCUT2D eigenvalue weighted by Gasteiger charge is -2.20. The van der Waals surface area contributed by atoms with Crippen LogP contribution in [0.15, 0.2) is 54.6 Å². The van der Waals surface area contributed by atoms with E-state index in [4.69, 9.17) is 4.74 Å². The first kappa shape index (κ1) is 17.5. The molecule has 2 aromatic carbocycles. The number of rotatable bonds is 7. The molecule has 2 rings (SSSR count). The van der Waals surface area contributed by atoms with Gasteiger partial charge >= 0.3 is 5.97 Å². The number of nitrogens with one attached hydrogen (secondary N) is 1. The number of esters is 1. The lowest BCUT2D eigenvalue weighted by atomic mass is 10.2. The van der Waals surface area contributed by atoms with Crippen molar-refractivity contribution in [1.29, 1.82) is 0 Å². The number of amides is 1. The van der Waals surface area contributed by atoms with Crippen LogP contribution in [-0.2, 0) is 9.53 Å². The molecule has 0 atom stereocenters. The molecule has 126 valence electrons. The van der Waals surface area contributed by atoms with E-state index in [1.807, 2.05) is 30.3 Å². The number of hydrogen-bond acceptors (Lipinski definition) is 4. The molecule has 1 amide bonds. The van der Waals surface area contributed by atoms with E-state index in [1.54, 1.807) is 24.3 Å². The minimum atomic E-state index is -0.510. The summed E-state index contributed by atoms with van der Waals surface area (Å²) in [7, 11) is 0. The molecule has 0 heterocycles. The van der Waals surface area contributed by atoms with Gasteiger partial charge < -0.3 is 15.0 Å². The lowest BCUT2D eigenvalue weighted by molar-refractivity contribution is -0.119. The van der Waals surface area contributed by atoms with Crippen molar-refractivity contribution in [2.75, 3.05) is 29.9 Å². The molecular formula is C19H22N2O3. The van der Waals surface area contributed by atoms with Gasteiger partial charge in [-0.05, 0) is 50.2 Å². The zero-order valence-electron chi connectivity index (χ0n) is 14.0. The number of para-hydroxylation sites is 1. The highest BCUT2D eigenvalue weighted by atomic mass is 16.5. The molecule has 0 unspecified atom stereocenters. The minimum Gasteiger partial charge on any atom is -0.452 e. The predicted octanol–water partition coefficient (Wildman–Crippen LogP) is 3.33. The van der Waals surface area contributed by atoms with E-state index in [9.17, 15) is 9.59 Å². The second-order valence-corrected chi connectivity index (χ2v) is 5.21. The molecule has 0 radical (unpaired) electrons. The Morgan fingerprint density at radius 3 is 2.17 bits per heavy atom. The Balaban J connectivity index is 1.87. The van der Waals surface area contributed by atoms with Crippen LogP contribution in [0.4, 0.5) is 11.4 Å². The molecular weight excluding hydrogens is 304 g/mol. The van der Waals surface area contributed by atoms with E-state index in [2.05, 4.69) is 24.1 Å². The largest absolute Gasteiger partial charge is 0.452 e. The molecule has 0 aromatic heterocycles. The third-order valence-electron chi connectivity index (χ3n) is 3.62. The summed E-state index contributed by atoms with van der Waals surface area (Å²) in [5.74, 6) is -0.876. The topological polar surface area (TPSA) is 58.6 Å². The Labute approximate surface area is 142 Å². The van der Waals surface area contributed by atoms with Crippen LogP contribution < -0.4 is 10.2 Å². The number of nitrogens with zero attached hydrogens (tertiary/aromatic N) is 1. The van der Waals surface area contributed by atoms with E-state index in [-0.39, 0.29) is 12.5 Å². The Morgan fingerprint density at radius 1 is 0.958 bits per heavy atom. The van der Waals surface area contributed by atoms with Crippen molar-refractivity contribution in [2.45, 2.75) is 13.8 Å². The summed E-state index contributed by atoms with van der Waals surface area (Å²) in [4.78, 5) is 26.0. The van der Waals surface area contributed by atoms with Crippen LogP contribution in [-0.4, -0.2) is 31.6 Å². The van der Waals surface area contributed by atoms with Crippen molar-refractivity contribution in [3.05, 3.63) is 60.2 Å². The van der Waals surface area contributed by atoms with E-state index in [0.717, 1.165) is 18.8 Å². The second kappa shape index (κ2) is 8.72. The van der Waals surface area contributed by atoms with Gasteiger partial charge in [0.2, 0.25) is 0 Å². The maximum Gasteiger partial charge on any atom is 0.338 e. The van der Waals surface area contributed by atoms with Gasteiger partial charge in [-0.25, -0.2) is 4.79 Å². The number of anilines is 2. The highest BCUT2D eigenvalue weighted by Crippen LogP contribution is 2.15. The fourth-order valence-electron chi connectivity index (χ4n) is 2.33. The summed E-state index contributed by atoms with van der Waals surface area (Å²) in [6.45, 7) is 5.65. The SMILES string of the molecule is CCN(CC)c1ccc(C(=O)OCC(=O)Nc2ccccc2)cc1. The van der Waals surface area contributed by atoms with Crippen molar-refractivity contribution in [3.63, 3.8) is 0 Å². The van der Waals surface area contributed by atoms with Gasteiger partial charge in [-0.1, -0.05) is 18.2 Å². The van der Waals surface area contributed by atoms with Crippen LogP contribution in [0.5, 0.6) is 0 Å². The van der Waals surface area contributed by atoms with Crippen LogP contribution >= 0.6 is 0 Å². The van der Waals surface area contributed by atoms with Crippen LogP contribution in [0.2, 0.25) is 0 Å². The minimum absolute atomic E-state index is 0.314. The van der Waals surface area contributed by atoms with Crippen LogP contribution in [0.1, 0.15) is 24.2 Å². The highest BCUT2D eigenvalue weighted by Gasteiger charge is 2.11. The molecule has 0 aliphatic heterocycles. The number of carbonyl (C=O) groups is 2. The quantitative estimate of drug-likeness (QED) is 0.793. The van der Waals surface area contributed by atoms with Crippen molar-refractivity contribution < 1.29 is 14.3 Å². The molecule has 0 aliphatic carbocycles. The van der Waals surface area contributed by atoms with E-state index in [1.165, 1.54) is 0 Å². The molecule has 0 saturated heterocycles. The molecule has 0 aliphatic rings. The van der Waals surface area contributed by atoms with E-state index >= 15 is 0 Å². The maximum atomic E-state index is 12.0. The first-order valence-corrected chi connectivity index (χ1v) is 8.01. The van der Waals surface area contributed by atoms with Gasteiger partial charge in [-0.2, -0.15) is 0 Å². The third-order valence-corrected chi connectivity index (χ3v) is 3.62. The van der Waals surface area contributed by atoms with Crippen molar-refractivity contribution >= 4 is 23.3 Å². The van der Waals surface area contributed by atoms with Crippen molar-refractivity contribution in [1.82, 2.24) is 0 Å². The van der Waals surface area contributed by atoms with Gasteiger partial charge in [-0.15, -0.1) is 0 Å². The van der Waals surface area contributed by atoms with Gasteiger partial charge in [0.05, 0.1) is 5.56 Å². The number of carbonyl (C=O) groups excluding carboxylic acids is 2. The van der Waals surface area contributed by atoms with Crippen LogP contribution in [0.25, 0.3) is 0 Å². The zero-order chi connectivity index (χ0) is 17.4. The fraction of sp³-hybridized carbons (Fsp3) is 0.263. The molecule has 5 heteroatoms. The average molecular weight is 326 g/mol. The first-order valence-electron chi connectivity index (χ1n) is 8.01. The van der Waals surface area contributed by atoms with E-state index in [0.29, 0.717) is 11.3 Å². The summed E-state index contributed by atoms with van der Waals surface area (Å²) < 4.78 is 5.05. The zero-order valence-corrected chi connectivity index (χ0v) is 14.0. The smallest absolute Gasteiger partial charge is 0.338 e. The first-order chi connectivity index (χ1) is 11.6. The Bertz CT molecular complexity index is 665. The lowest BCUT2D eigenvalue weighted by Crippen LogP contribution is -2.22. The molecule has 1 N–H and O–H groups in total. The molecule has 24 heavy (non-hydrogen) atoms. The van der Waals surface area contributed by atoms with Gasteiger partial charge in [0.25, 0.3) is 5.91 Å². The Kier molecular flexibility index (Phi) is 6.37. The van der Waals surface area contributed by atoms with Gasteiger partial charge in [0.15, 0.2) is 6.61 Å². The molecule has 0 saturated carbocycles. The van der Waals surface area contributed by atoms with E-state index < -0.39 is 5.97 Å². The van der Waals surface area contributed by atoms with Crippen LogP contribution in [0, 0.1) is 0 Å². The molecule has 0 fully saturated rings. The van der Waals surface area contributed by atoms with Gasteiger partial charge in [-0.3, -0.25) is 4.79 Å². The normalized spacial score (nSPS) is 10.1. The number of hydrogen-bond donors (Lipinski definition) is 1. The molecule has 2 aromatic rings. The highest BCUT2D eigenvalue weighted by molar-refractivity contribution is 5.95. The van der Waals surface area contributed by atoms with Crippen molar-refractivity contribution in [2.24, 2.45) is 0 Å². The maximum absolute atomic E-state index is 12.0. The summed E-state index contributed by atoms with van der Waals surface area (Å²) in [5.41, 5.74) is 2.15. The molecule has 5 nitrogen and oxygen atoms in total. The van der Waals surface area contributed by atoms with Crippen LogP contribution in [0.3, 0.4) is 0 Å². The number of benzene rings is 2. The monoisotopic (exact) mass is 326 g/mol.